The van der Waals surface area contributed by atoms with Crippen molar-refractivity contribution in [2.75, 3.05) is 24.2 Å². The fourth-order valence-electron chi connectivity index (χ4n) is 3.07. The van der Waals surface area contributed by atoms with Gasteiger partial charge in [-0.1, -0.05) is 23.1 Å². The van der Waals surface area contributed by atoms with E-state index in [-0.39, 0.29) is 5.82 Å². The molecule has 0 spiro atoms. The molecule has 4 rings (SSSR count). The minimum atomic E-state index is -0.242. The largest absolute Gasteiger partial charge is 0.348 e. The minimum Gasteiger partial charge on any atom is -0.348 e. The Kier molecular flexibility index (Phi) is 5.17. The summed E-state index contributed by atoms with van der Waals surface area (Å²) >= 11 is 3.18. The van der Waals surface area contributed by atoms with Crippen LogP contribution in [0.4, 0.5) is 9.52 Å². The first kappa shape index (κ1) is 17.4. The molecule has 3 heterocycles. The molecule has 3 aromatic rings. The third-order valence-corrected chi connectivity index (χ3v) is 6.11. The highest BCUT2D eigenvalue weighted by atomic mass is 32.2. The van der Waals surface area contributed by atoms with Gasteiger partial charge in [0.1, 0.15) is 5.82 Å². The maximum atomic E-state index is 13.4. The van der Waals surface area contributed by atoms with Gasteiger partial charge in [0.25, 0.3) is 0 Å². The molecule has 1 fully saturated rings. The van der Waals surface area contributed by atoms with Crippen LogP contribution in [0.5, 0.6) is 0 Å². The van der Waals surface area contributed by atoms with Crippen LogP contribution in [0.15, 0.2) is 41.7 Å². The molecule has 0 saturated carbocycles. The first-order valence-corrected chi connectivity index (χ1v) is 10.7. The first-order valence-electron chi connectivity index (χ1n) is 8.64. The number of halogens is 1. The number of hydrogen-bond donors (Lipinski definition) is 0. The van der Waals surface area contributed by atoms with E-state index < -0.39 is 0 Å². The van der Waals surface area contributed by atoms with Crippen molar-refractivity contribution in [1.82, 2.24) is 15.0 Å². The van der Waals surface area contributed by atoms with Gasteiger partial charge >= 0.3 is 0 Å². The van der Waals surface area contributed by atoms with E-state index in [4.69, 9.17) is 4.98 Å². The smallest absolute Gasteiger partial charge is 0.187 e. The number of benzene rings is 1. The van der Waals surface area contributed by atoms with E-state index in [1.807, 2.05) is 12.3 Å². The molecule has 0 aliphatic carbocycles. The van der Waals surface area contributed by atoms with Crippen molar-refractivity contribution in [3.63, 3.8) is 0 Å². The number of hydrogen-bond acceptors (Lipinski definition) is 6. The van der Waals surface area contributed by atoms with Crippen molar-refractivity contribution in [3.8, 4) is 21.8 Å². The van der Waals surface area contributed by atoms with E-state index in [1.165, 1.54) is 43.2 Å². The Morgan fingerprint density at radius 1 is 1.04 bits per heavy atom. The molecule has 26 heavy (non-hydrogen) atoms. The molecule has 4 nitrogen and oxygen atoms in total. The van der Waals surface area contributed by atoms with Crippen molar-refractivity contribution < 1.29 is 4.39 Å². The lowest BCUT2D eigenvalue weighted by Gasteiger charge is -2.25. The summed E-state index contributed by atoms with van der Waals surface area (Å²) in [4.78, 5) is 17.2. The fraction of sp³-hybridized carbons (Fsp3) is 0.316. The van der Waals surface area contributed by atoms with Crippen LogP contribution in [0.3, 0.4) is 0 Å². The molecule has 7 heteroatoms. The summed E-state index contributed by atoms with van der Waals surface area (Å²) in [6, 6.07) is 8.44. The van der Waals surface area contributed by atoms with E-state index in [0.29, 0.717) is 0 Å². The molecule has 0 unspecified atom stereocenters. The Labute approximate surface area is 160 Å². The second-order valence-corrected chi connectivity index (χ2v) is 7.91. The second-order valence-electron chi connectivity index (χ2n) is 6.16. The zero-order valence-electron chi connectivity index (χ0n) is 14.5. The van der Waals surface area contributed by atoms with Gasteiger partial charge in [0.2, 0.25) is 0 Å². The van der Waals surface area contributed by atoms with E-state index in [1.54, 1.807) is 29.7 Å². The quantitative estimate of drug-likeness (QED) is 0.460. The van der Waals surface area contributed by atoms with Crippen LogP contribution in [0.1, 0.15) is 19.3 Å². The topological polar surface area (TPSA) is 41.9 Å². The van der Waals surface area contributed by atoms with E-state index >= 15 is 0 Å². The normalized spacial score (nSPS) is 14.6. The van der Waals surface area contributed by atoms with Gasteiger partial charge in [0, 0.05) is 24.8 Å². The lowest BCUT2D eigenvalue weighted by Crippen LogP contribution is -2.29. The Bertz CT molecular complexity index is 889. The summed E-state index contributed by atoms with van der Waals surface area (Å²) in [5, 5.41) is 1.75. The van der Waals surface area contributed by atoms with Gasteiger partial charge in [0.05, 0.1) is 16.3 Å². The van der Waals surface area contributed by atoms with Crippen molar-refractivity contribution >= 4 is 28.2 Å². The first-order chi connectivity index (χ1) is 12.7. The summed E-state index contributed by atoms with van der Waals surface area (Å²) in [6.45, 7) is 2.07. The molecule has 1 saturated heterocycles. The Morgan fingerprint density at radius 3 is 2.54 bits per heavy atom. The van der Waals surface area contributed by atoms with Crippen LogP contribution in [-0.4, -0.2) is 34.3 Å². The fourth-order valence-corrected chi connectivity index (χ4v) is 4.54. The van der Waals surface area contributed by atoms with Crippen LogP contribution >= 0.6 is 23.1 Å². The van der Waals surface area contributed by atoms with Crippen molar-refractivity contribution in [2.24, 2.45) is 0 Å². The maximum Gasteiger partial charge on any atom is 0.187 e. The number of piperidine rings is 1. The maximum absolute atomic E-state index is 13.4. The lowest BCUT2D eigenvalue weighted by atomic mass is 10.1. The van der Waals surface area contributed by atoms with Gasteiger partial charge in [-0.3, -0.25) is 0 Å². The number of thioether (sulfide) groups is 1. The van der Waals surface area contributed by atoms with Gasteiger partial charge in [-0.15, -0.1) is 0 Å². The summed E-state index contributed by atoms with van der Waals surface area (Å²) < 4.78 is 13.4. The number of thiazole rings is 1. The van der Waals surface area contributed by atoms with Gasteiger partial charge in [-0.05, 0) is 55.9 Å². The Hall–Kier alpha value is -1.99. The van der Waals surface area contributed by atoms with Gasteiger partial charge in [-0.2, -0.15) is 0 Å². The van der Waals surface area contributed by atoms with E-state index in [9.17, 15) is 4.39 Å². The minimum absolute atomic E-state index is 0.242. The molecule has 1 aliphatic rings. The van der Waals surface area contributed by atoms with Crippen LogP contribution in [-0.2, 0) is 0 Å². The summed E-state index contributed by atoms with van der Waals surface area (Å²) in [5.74, 6) is -0.242. The number of aromatic nitrogens is 3. The predicted octanol–water partition coefficient (Wildman–Crippen LogP) is 5.12. The SMILES string of the molecule is CSc1nccc(-c2sc(N3CCCCC3)nc2-c2ccc(F)cc2)n1. The molecular weight excluding hydrogens is 367 g/mol. The molecule has 1 aromatic carbocycles. The van der Waals surface area contributed by atoms with E-state index in [2.05, 4.69) is 14.9 Å². The molecule has 0 bridgehead atoms. The molecule has 0 amide bonds. The van der Waals surface area contributed by atoms with Gasteiger partial charge in [-0.25, -0.2) is 19.3 Å². The zero-order valence-corrected chi connectivity index (χ0v) is 16.1. The standard InChI is InChI=1S/C19H19FN4S2/c1-25-18-21-10-9-15(22-18)17-16(13-5-7-14(20)8-6-13)23-19(26-17)24-11-3-2-4-12-24/h5-10H,2-4,11-12H2,1H3. The number of rotatable bonds is 4. The number of nitrogens with zero attached hydrogens (tertiary/aromatic N) is 4. The van der Waals surface area contributed by atoms with Gasteiger partial charge in [0.15, 0.2) is 10.3 Å². The third kappa shape index (κ3) is 3.59. The highest BCUT2D eigenvalue weighted by Gasteiger charge is 2.21. The Morgan fingerprint density at radius 2 is 1.81 bits per heavy atom. The van der Waals surface area contributed by atoms with Crippen LogP contribution in [0, 0.1) is 5.82 Å². The third-order valence-electron chi connectivity index (χ3n) is 4.41. The van der Waals surface area contributed by atoms with Gasteiger partial charge < -0.3 is 4.90 Å². The summed E-state index contributed by atoms with van der Waals surface area (Å²) in [6.07, 6.45) is 7.42. The molecule has 134 valence electrons. The summed E-state index contributed by atoms with van der Waals surface area (Å²) in [7, 11) is 0. The van der Waals surface area contributed by atoms with Crippen LogP contribution in [0.2, 0.25) is 0 Å². The molecule has 0 atom stereocenters. The number of anilines is 1. The summed E-state index contributed by atoms with van der Waals surface area (Å²) in [5.41, 5.74) is 2.64. The molecule has 0 radical (unpaired) electrons. The second kappa shape index (κ2) is 7.72. The molecular formula is C19H19FN4S2. The van der Waals surface area contributed by atoms with Crippen molar-refractivity contribution in [1.29, 1.82) is 0 Å². The van der Waals surface area contributed by atoms with Crippen molar-refractivity contribution in [3.05, 3.63) is 42.3 Å². The highest BCUT2D eigenvalue weighted by Crippen LogP contribution is 2.40. The van der Waals surface area contributed by atoms with E-state index in [0.717, 1.165) is 45.2 Å². The molecule has 2 aromatic heterocycles. The average Bonchev–Trinajstić information content (AvgIpc) is 3.15. The van der Waals surface area contributed by atoms with Crippen LogP contribution < -0.4 is 4.90 Å². The Balaban J connectivity index is 1.81. The highest BCUT2D eigenvalue weighted by molar-refractivity contribution is 7.98. The predicted molar refractivity (Wildman–Crippen MR) is 106 cm³/mol. The lowest BCUT2D eigenvalue weighted by molar-refractivity contribution is 0.577. The average molecular weight is 387 g/mol. The monoisotopic (exact) mass is 386 g/mol. The van der Waals surface area contributed by atoms with Crippen LogP contribution in [0.25, 0.3) is 21.8 Å². The molecule has 0 N–H and O–H groups in total. The molecule has 1 aliphatic heterocycles. The van der Waals surface area contributed by atoms with Crippen molar-refractivity contribution in [2.45, 2.75) is 24.4 Å². The zero-order chi connectivity index (χ0) is 17.9.